The third kappa shape index (κ3) is 3.87. The molecule has 0 radical (unpaired) electrons. The number of fused-ring (bicyclic) bond motifs is 1. The van der Waals surface area contributed by atoms with Crippen LogP contribution in [0.5, 0.6) is 0 Å². The summed E-state index contributed by atoms with van der Waals surface area (Å²) in [6.07, 6.45) is 7.29. The molecule has 3 rings (SSSR count). The summed E-state index contributed by atoms with van der Waals surface area (Å²) in [4.78, 5) is 22.7. The van der Waals surface area contributed by atoms with Gasteiger partial charge in [0.2, 0.25) is 5.91 Å². The Morgan fingerprint density at radius 3 is 2.77 bits per heavy atom. The first-order valence-corrected chi connectivity index (χ1v) is 9.37. The van der Waals surface area contributed by atoms with Gasteiger partial charge in [0.25, 0.3) is 0 Å². The quantitative estimate of drug-likeness (QED) is 0.855. The summed E-state index contributed by atoms with van der Waals surface area (Å²) in [6.45, 7) is 5.66. The van der Waals surface area contributed by atoms with E-state index in [1.807, 2.05) is 23.3 Å². The molecule has 1 aliphatic carbocycles. The Bertz CT molecular complexity index is 496. The summed E-state index contributed by atoms with van der Waals surface area (Å²) >= 11 is 1.81. The van der Waals surface area contributed by atoms with Crippen LogP contribution >= 0.6 is 11.3 Å². The molecule has 4 nitrogen and oxygen atoms in total. The zero-order valence-electron chi connectivity index (χ0n) is 13.8. The number of likely N-dealkylation sites (tertiary alicyclic amines) is 1. The molecule has 1 amide bonds. The second kappa shape index (κ2) is 7.09. The number of aryl methyl sites for hydroxylation is 2. The maximum atomic E-state index is 12.4. The number of nitrogens with zero attached hydrogens (tertiary/aromatic N) is 3. The van der Waals surface area contributed by atoms with Gasteiger partial charge in [-0.25, -0.2) is 4.98 Å². The van der Waals surface area contributed by atoms with Crippen molar-refractivity contribution in [2.24, 2.45) is 5.92 Å². The number of carbonyl (C=O) groups excluding carboxylic acids is 1. The third-order valence-corrected chi connectivity index (χ3v) is 6.07. The molecule has 1 aromatic rings. The Balaban J connectivity index is 1.51. The monoisotopic (exact) mass is 321 g/mol. The summed E-state index contributed by atoms with van der Waals surface area (Å²) in [5, 5.41) is 1.11. The standard InChI is InChI=1S/C17H27N3OS/c1-13-7-9-20(10-8-13)12-17(21)19(2)11-16-18-14-5-3-4-6-15(14)22-16/h13H,3-12H2,1-2H3. The lowest BCUT2D eigenvalue weighted by atomic mass is 9.99. The van der Waals surface area contributed by atoms with Crippen molar-refractivity contribution >= 4 is 17.2 Å². The van der Waals surface area contributed by atoms with Crippen LogP contribution in [0, 0.1) is 5.92 Å². The first-order chi connectivity index (χ1) is 10.6. The molecule has 22 heavy (non-hydrogen) atoms. The van der Waals surface area contributed by atoms with E-state index in [1.165, 1.54) is 42.7 Å². The number of hydrogen-bond donors (Lipinski definition) is 0. The largest absolute Gasteiger partial charge is 0.338 e. The molecule has 0 N–H and O–H groups in total. The van der Waals surface area contributed by atoms with E-state index in [-0.39, 0.29) is 5.91 Å². The molecule has 2 aliphatic rings. The average molecular weight is 321 g/mol. The highest BCUT2D eigenvalue weighted by Gasteiger charge is 2.21. The van der Waals surface area contributed by atoms with E-state index in [9.17, 15) is 4.79 Å². The van der Waals surface area contributed by atoms with Crippen LogP contribution in [0.15, 0.2) is 0 Å². The molecule has 0 aromatic carbocycles. The zero-order chi connectivity index (χ0) is 15.5. The highest BCUT2D eigenvalue weighted by Crippen LogP contribution is 2.27. The van der Waals surface area contributed by atoms with Crippen molar-refractivity contribution < 1.29 is 4.79 Å². The van der Waals surface area contributed by atoms with Gasteiger partial charge in [-0.2, -0.15) is 0 Å². The van der Waals surface area contributed by atoms with Crippen molar-refractivity contribution in [3.63, 3.8) is 0 Å². The topological polar surface area (TPSA) is 36.4 Å². The SMILES string of the molecule is CC1CCN(CC(=O)N(C)Cc2nc3c(s2)CCCC3)CC1. The van der Waals surface area contributed by atoms with Gasteiger partial charge >= 0.3 is 0 Å². The molecule has 1 aliphatic heterocycles. The smallest absolute Gasteiger partial charge is 0.236 e. The van der Waals surface area contributed by atoms with Crippen LogP contribution in [0.1, 0.15) is 48.2 Å². The molecular weight excluding hydrogens is 294 g/mol. The normalized spacial score (nSPS) is 19.9. The Morgan fingerprint density at radius 2 is 2.05 bits per heavy atom. The van der Waals surface area contributed by atoms with Crippen molar-refractivity contribution in [1.82, 2.24) is 14.8 Å². The van der Waals surface area contributed by atoms with Crippen LogP contribution in [0.4, 0.5) is 0 Å². The molecule has 1 aromatic heterocycles. The Kier molecular flexibility index (Phi) is 5.14. The molecule has 5 heteroatoms. The zero-order valence-corrected chi connectivity index (χ0v) is 14.6. The summed E-state index contributed by atoms with van der Waals surface area (Å²) in [5.74, 6) is 1.04. The predicted octanol–water partition coefficient (Wildman–Crippen LogP) is 2.71. The molecule has 0 spiro atoms. The van der Waals surface area contributed by atoms with Crippen LogP contribution in [-0.4, -0.2) is 47.4 Å². The number of thiazole rings is 1. The minimum Gasteiger partial charge on any atom is -0.338 e. The fourth-order valence-electron chi connectivity index (χ4n) is 3.30. The van der Waals surface area contributed by atoms with Gasteiger partial charge in [0.05, 0.1) is 18.8 Å². The van der Waals surface area contributed by atoms with Gasteiger partial charge in [-0.15, -0.1) is 11.3 Å². The van der Waals surface area contributed by atoms with E-state index in [2.05, 4.69) is 11.8 Å². The Morgan fingerprint density at radius 1 is 1.32 bits per heavy atom. The van der Waals surface area contributed by atoms with Gasteiger partial charge in [0, 0.05) is 11.9 Å². The maximum absolute atomic E-state index is 12.4. The van der Waals surface area contributed by atoms with Crippen molar-refractivity contribution in [3.8, 4) is 0 Å². The molecule has 0 saturated carbocycles. The number of piperidine rings is 1. The van der Waals surface area contributed by atoms with E-state index in [1.54, 1.807) is 0 Å². The molecule has 0 atom stereocenters. The number of rotatable bonds is 4. The lowest BCUT2D eigenvalue weighted by molar-refractivity contribution is -0.132. The lowest BCUT2D eigenvalue weighted by Gasteiger charge is -2.30. The van der Waals surface area contributed by atoms with E-state index < -0.39 is 0 Å². The van der Waals surface area contributed by atoms with Gasteiger partial charge in [-0.1, -0.05) is 6.92 Å². The van der Waals surface area contributed by atoms with Gasteiger partial charge in [-0.05, 0) is 57.5 Å². The molecule has 0 unspecified atom stereocenters. The Hall–Kier alpha value is -0.940. The van der Waals surface area contributed by atoms with Crippen LogP contribution in [-0.2, 0) is 24.2 Å². The lowest BCUT2D eigenvalue weighted by Crippen LogP contribution is -2.41. The minimum absolute atomic E-state index is 0.225. The van der Waals surface area contributed by atoms with Crippen LogP contribution in [0.3, 0.4) is 0 Å². The van der Waals surface area contributed by atoms with Crippen molar-refractivity contribution in [1.29, 1.82) is 0 Å². The van der Waals surface area contributed by atoms with Crippen LogP contribution < -0.4 is 0 Å². The first kappa shape index (κ1) is 15.9. The van der Waals surface area contributed by atoms with Crippen LogP contribution in [0.25, 0.3) is 0 Å². The molecule has 1 fully saturated rings. The number of aromatic nitrogens is 1. The average Bonchev–Trinajstić information content (AvgIpc) is 2.91. The van der Waals surface area contributed by atoms with Gasteiger partial charge in [-0.3, -0.25) is 9.69 Å². The number of amides is 1. The number of hydrogen-bond acceptors (Lipinski definition) is 4. The molecule has 0 bridgehead atoms. The van der Waals surface area contributed by atoms with Crippen molar-refractivity contribution in [2.45, 2.75) is 52.0 Å². The van der Waals surface area contributed by atoms with E-state index in [0.29, 0.717) is 13.1 Å². The fourth-order valence-corrected chi connectivity index (χ4v) is 4.51. The molecule has 122 valence electrons. The molecule has 1 saturated heterocycles. The first-order valence-electron chi connectivity index (χ1n) is 8.55. The maximum Gasteiger partial charge on any atom is 0.236 e. The second-order valence-corrected chi connectivity index (χ2v) is 8.06. The Labute approximate surface area is 137 Å². The molecular formula is C17H27N3OS. The highest BCUT2D eigenvalue weighted by atomic mass is 32.1. The molecule has 2 heterocycles. The van der Waals surface area contributed by atoms with E-state index >= 15 is 0 Å². The van der Waals surface area contributed by atoms with Crippen LogP contribution in [0.2, 0.25) is 0 Å². The number of likely N-dealkylation sites (N-methyl/N-ethyl adjacent to an activating group) is 1. The predicted molar refractivity (Wildman–Crippen MR) is 90.1 cm³/mol. The summed E-state index contributed by atoms with van der Waals surface area (Å²) < 4.78 is 0. The highest BCUT2D eigenvalue weighted by molar-refractivity contribution is 7.11. The summed E-state index contributed by atoms with van der Waals surface area (Å²) in [5.41, 5.74) is 1.29. The second-order valence-electron chi connectivity index (χ2n) is 6.89. The summed E-state index contributed by atoms with van der Waals surface area (Å²) in [6, 6.07) is 0. The van der Waals surface area contributed by atoms with E-state index in [4.69, 9.17) is 4.98 Å². The third-order valence-electron chi connectivity index (χ3n) is 4.92. The summed E-state index contributed by atoms with van der Waals surface area (Å²) in [7, 11) is 1.91. The van der Waals surface area contributed by atoms with Gasteiger partial charge in [0.15, 0.2) is 0 Å². The van der Waals surface area contributed by atoms with Gasteiger partial charge < -0.3 is 4.90 Å². The van der Waals surface area contributed by atoms with Crippen molar-refractivity contribution in [2.75, 3.05) is 26.7 Å². The fraction of sp³-hybridized carbons (Fsp3) is 0.765. The van der Waals surface area contributed by atoms with Crippen molar-refractivity contribution in [3.05, 3.63) is 15.6 Å². The minimum atomic E-state index is 0.225. The van der Waals surface area contributed by atoms with E-state index in [0.717, 1.165) is 30.4 Å². The van der Waals surface area contributed by atoms with Gasteiger partial charge in [0.1, 0.15) is 5.01 Å². The number of carbonyl (C=O) groups is 1.